The second-order valence-electron chi connectivity index (χ2n) is 3.52. The molecule has 0 aliphatic carbocycles. The molecule has 80 valence electrons. The summed E-state index contributed by atoms with van der Waals surface area (Å²) in [7, 11) is 3.86. The second-order valence-corrected chi connectivity index (χ2v) is 3.52. The Labute approximate surface area is 82.0 Å². The minimum atomic E-state index is 0.594. The summed E-state index contributed by atoms with van der Waals surface area (Å²) in [5.74, 6) is 0.594. The summed E-state index contributed by atoms with van der Waals surface area (Å²) >= 11 is 0. The van der Waals surface area contributed by atoms with Crippen molar-refractivity contribution in [3.8, 4) is 0 Å². The summed E-state index contributed by atoms with van der Waals surface area (Å²) < 4.78 is 10.3. The Morgan fingerprint density at radius 3 is 2.62 bits per heavy atom. The summed E-state index contributed by atoms with van der Waals surface area (Å²) in [5.41, 5.74) is 0. The quantitative estimate of drug-likeness (QED) is 0.536. The zero-order chi connectivity index (χ0) is 10.1. The van der Waals surface area contributed by atoms with Gasteiger partial charge in [-0.15, -0.1) is 0 Å². The molecule has 0 aliphatic heterocycles. The van der Waals surface area contributed by atoms with E-state index in [1.807, 2.05) is 6.92 Å². The molecule has 1 atom stereocenters. The number of hydrogen-bond acceptors (Lipinski definition) is 3. The van der Waals surface area contributed by atoms with Crippen molar-refractivity contribution in [2.45, 2.75) is 13.8 Å². The molecule has 0 N–H and O–H groups in total. The normalized spacial score (nSPS) is 13.6. The minimum Gasteiger partial charge on any atom is -0.384 e. The fraction of sp³-hybridized carbons (Fsp3) is 1.00. The van der Waals surface area contributed by atoms with E-state index < -0.39 is 0 Å². The zero-order valence-corrected chi connectivity index (χ0v) is 9.38. The van der Waals surface area contributed by atoms with Crippen molar-refractivity contribution in [3.05, 3.63) is 0 Å². The van der Waals surface area contributed by atoms with E-state index in [0.29, 0.717) is 5.92 Å². The highest BCUT2D eigenvalue weighted by atomic mass is 16.5. The van der Waals surface area contributed by atoms with Gasteiger partial charge in [-0.2, -0.15) is 0 Å². The summed E-state index contributed by atoms with van der Waals surface area (Å²) in [4.78, 5) is 2.28. The van der Waals surface area contributed by atoms with Gasteiger partial charge in [-0.3, -0.25) is 0 Å². The number of hydrogen-bond donors (Lipinski definition) is 0. The third kappa shape index (κ3) is 8.22. The predicted octanol–water partition coefficient (Wildman–Crippen LogP) is 1.24. The molecule has 13 heavy (non-hydrogen) atoms. The standard InChI is InChI=1S/C10H23NO2/c1-5-13-7-6-11(3)8-10(2)9-12-4/h10H,5-9H2,1-4H3. The molecular formula is C10H23NO2. The topological polar surface area (TPSA) is 21.7 Å². The number of nitrogens with zero attached hydrogens (tertiary/aromatic N) is 1. The summed E-state index contributed by atoms with van der Waals surface area (Å²) in [6, 6.07) is 0. The molecule has 0 fully saturated rings. The van der Waals surface area contributed by atoms with Gasteiger partial charge in [0.1, 0.15) is 0 Å². The number of ether oxygens (including phenoxy) is 2. The van der Waals surface area contributed by atoms with Gasteiger partial charge in [0.05, 0.1) is 6.61 Å². The van der Waals surface area contributed by atoms with Gasteiger partial charge in [0.2, 0.25) is 0 Å². The average Bonchev–Trinajstić information content (AvgIpc) is 2.05. The molecule has 0 heterocycles. The lowest BCUT2D eigenvalue weighted by Gasteiger charge is -2.20. The SMILES string of the molecule is CCOCCN(C)CC(C)COC. The molecular weight excluding hydrogens is 166 g/mol. The smallest absolute Gasteiger partial charge is 0.0593 e. The molecule has 0 radical (unpaired) electrons. The van der Waals surface area contributed by atoms with E-state index in [-0.39, 0.29) is 0 Å². The van der Waals surface area contributed by atoms with Gasteiger partial charge in [0.15, 0.2) is 0 Å². The van der Waals surface area contributed by atoms with E-state index in [2.05, 4.69) is 18.9 Å². The van der Waals surface area contributed by atoms with Gasteiger partial charge >= 0.3 is 0 Å². The van der Waals surface area contributed by atoms with Crippen molar-refractivity contribution in [2.24, 2.45) is 5.92 Å². The molecule has 0 aromatic carbocycles. The second kappa shape index (κ2) is 8.48. The van der Waals surface area contributed by atoms with E-state index in [1.54, 1.807) is 7.11 Å². The van der Waals surface area contributed by atoms with Gasteiger partial charge in [0.25, 0.3) is 0 Å². The molecule has 0 rings (SSSR count). The predicted molar refractivity (Wildman–Crippen MR) is 55.0 cm³/mol. The molecule has 0 saturated carbocycles. The Bertz CT molecular complexity index is 109. The molecule has 1 unspecified atom stereocenters. The van der Waals surface area contributed by atoms with Gasteiger partial charge in [0, 0.05) is 33.4 Å². The van der Waals surface area contributed by atoms with E-state index in [0.717, 1.165) is 32.9 Å². The maximum Gasteiger partial charge on any atom is 0.0593 e. The van der Waals surface area contributed by atoms with E-state index in [9.17, 15) is 0 Å². The van der Waals surface area contributed by atoms with Crippen LogP contribution in [0.3, 0.4) is 0 Å². The van der Waals surface area contributed by atoms with Crippen LogP contribution < -0.4 is 0 Å². The van der Waals surface area contributed by atoms with Crippen LogP contribution in [-0.4, -0.2) is 52.0 Å². The zero-order valence-electron chi connectivity index (χ0n) is 9.38. The molecule has 0 aliphatic rings. The Hall–Kier alpha value is -0.120. The number of methoxy groups -OCH3 is 1. The molecule has 0 spiro atoms. The van der Waals surface area contributed by atoms with Crippen molar-refractivity contribution >= 4 is 0 Å². The lowest BCUT2D eigenvalue weighted by molar-refractivity contribution is 0.102. The van der Waals surface area contributed by atoms with E-state index in [4.69, 9.17) is 9.47 Å². The molecule has 3 nitrogen and oxygen atoms in total. The molecule has 0 saturated heterocycles. The maximum absolute atomic E-state index is 5.27. The molecule has 0 aromatic heterocycles. The summed E-state index contributed by atoms with van der Waals surface area (Å²) in [5, 5.41) is 0. The van der Waals surface area contributed by atoms with E-state index >= 15 is 0 Å². The Kier molecular flexibility index (Phi) is 8.40. The van der Waals surface area contributed by atoms with Crippen molar-refractivity contribution < 1.29 is 9.47 Å². The number of rotatable bonds is 8. The molecule has 0 amide bonds. The van der Waals surface area contributed by atoms with Crippen LogP contribution in [0.5, 0.6) is 0 Å². The van der Waals surface area contributed by atoms with Gasteiger partial charge in [-0.05, 0) is 19.9 Å². The van der Waals surface area contributed by atoms with Gasteiger partial charge in [-0.1, -0.05) is 6.92 Å². The first kappa shape index (κ1) is 12.9. The Morgan fingerprint density at radius 1 is 1.38 bits per heavy atom. The molecule has 0 aromatic rings. The molecule has 3 heteroatoms. The van der Waals surface area contributed by atoms with Crippen molar-refractivity contribution in [1.29, 1.82) is 0 Å². The lowest BCUT2D eigenvalue weighted by Crippen LogP contribution is -2.29. The van der Waals surface area contributed by atoms with Crippen LogP contribution >= 0.6 is 0 Å². The summed E-state index contributed by atoms with van der Waals surface area (Å²) in [6.07, 6.45) is 0. The van der Waals surface area contributed by atoms with Gasteiger partial charge < -0.3 is 14.4 Å². The molecule has 0 bridgehead atoms. The first-order valence-electron chi connectivity index (χ1n) is 4.95. The Balaban J connectivity index is 3.32. The van der Waals surface area contributed by atoms with Crippen LogP contribution in [0.2, 0.25) is 0 Å². The van der Waals surface area contributed by atoms with Crippen LogP contribution in [0.4, 0.5) is 0 Å². The highest BCUT2D eigenvalue weighted by Crippen LogP contribution is 1.97. The van der Waals surface area contributed by atoms with Gasteiger partial charge in [-0.25, -0.2) is 0 Å². The van der Waals surface area contributed by atoms with Crippen molar-refractivity contribution in [2.75, 3.05) is 47.1 Å². The van der Waals surface area contributed by atoms with Crippen molar-refractivity contribution in [1.82, 2.24) is 4.90 Å². The highest BCUT2D eigenvalue weighted by Gasteiger charge is 2.05. The van der Waals surface area contributed by atoms with Crippen LogP contribution in [-0.2, 0) is 9.47 Å². The van der Waals surface area contributed by atoms with E-state index in [1.165, 1.54) is 0 Å². The first-order valence-corrected chi connectivity index (χ1v) is 4.95. The van der Waals surface area contributed by atoms with Crippen LogP contribution in [0, 0.1) is 5.92 Å². The monoisotopic (exact) mass is 189 g/mol. The number of likely N-dealkylation sites (N-methyl/N-ethyl adjacent to an activating group) is 1. The third-order valence-electron chi connectivity index (χ3n) is 1.90. The van der Waals surface area contributed by atoms with Crippen LogP contribution in [0.15, 0.2) is 0 Å². The lowest BCUT2D eigenvalue weighted by atomic mass is 10.2. The largest absolute Gasteiger partial charge is 0.384 e. The van der Waals surface area contributed by atoms with Crippen LogP contribution in [0.1, 0.15) is 13.8 Å². The third-order valence-corrected chi connectivity index (χ3v) is 1.90. The fourth-order valence-corrected chi connectivity index (χ4v) is 1.33. The first-order chi connectivity index (χ1) is 6.20. The highest BCUT2D eigenvalue weighted by molar-refractivity contribution is 4.57. The van der Waals surface area contributed by atoms with Crippen molar-refractivity contribution in [3.63, 3.8) is 0 Å². The average molecular weight is 189 g/mol. The van der Waals surface area contributed by atoms with Crippen LogP contribution in [0.25, 0.3) is 0 Å². The maximum atomic E-state index is 5.27. The summed E-state index contributed by atoms with van der Waals surface area (Å²) in [6.45, 7) is 8.75. The Morgan fingerprint density at radius 2 is 2.08 bits per heavy atom. The minimum absolute atomic E-state index is 0.594. The fourth-order valence-electron chi connectivity index (χ4n) is 1.33.